The highest BCUT2D eigenvalue weighted by molar-refractivity contribution is 7.26. The van der Waals surface area contributed by atoms with Crippen LogP contribution in [0.3, 0.4) is 0 Å². The van der Waals surface area contributed by atoms with Gasteiger partial charge in [0.25, 0.3) is 0 Å². The van der Waals surface area contributed by atoms with Crippen LogP contribution >= 0.6 is 11.3 Å². The second-order valence-corrected chi connectivity index (χ2v) is 15.1. The van der Waals surface area contributed by atoms with Crippen molar-refractivity contribution >= 4 is 48.6 Å². The Kier molecular flexibility index (Phi) is 8.79. The van der Waals surface area contributed by atoms with E-state index >= 15 is 0 Å². The third-order valence-electron chi connectivity index (χ3n) is 10.7. The summed E-state index contributed by atoms with van der Waals surface area (Å²) in [4.78, 5) is 2.43. The maximum Gasteiger partial charge on any atom is 0.0554 e. The van der Waals surface area contributed by atoms with E-state index in [2.05, 4.69) is 229 Å². The normalized spacial score (nSPS) is 11.2. The molecule has 0 saturated heterocycles. The van der Waals surface area contributed by atoms with E-state index < -0.39 is 0 Å². The van der Waals surface area contributed by atoms with Gasteiger partial charge in [0.1, 0.15) is 0 Å². The molecule has 2 heteroatoms. The predicted molar refractivity (Wildman–Crippen MR) is 241 cm³/mol. The number of rotatable bonds is 8. The van der Waals surface area contributed by atoms with Crippen LogP contribution in [0.5, 0.6) is 0 Å². The van der Waals surface area contributed by atoms with Crippen LogP contribution in [0.4, 0.5) is 17.1 Å². The lowest BCUT2D eigenvalue weighted by Gasteiger charge is -2.27. The molecule has 10 rings (SSSR count). The van der Waals surface area contributed by atoms with Gasteiger partial charge in [0.2, 0.25) is 0 Å². The molecule has 1 heterocycles. The summed E-state index contributed by atoms with van der Waals surface area (Å²) in [6, 6.07) is 81.2. The van der Waals surface area contributed by atoms with Gasteiger partial charge in [-0.05, 0) is 92.0 Å². The summed E-state index contributed by atoms with van der Waals surface area (Å²) in [7, 11) is 0. The van der Waals surface area contributed by atoms with Crippen LogP contribution in [0.15, 0.2) is 224 Å². The Balaban J connectivity index is 1.13. The Bertz CT molecular complexity index is 2800. The van der Waals surface area contributed by atoms with E-state index in [1.165, 1.54) is 75.8 Å². The number of fused-ring (bicyclic) bond motifs is 3. The van der Waals surface area contributed by atoms with Gasteiger partial charge in [-0.3, -0.25) is 0 Å². The molecular weight excluding hydrogens is 695 g/mol. The summed E-state index contributed by atoms with van der Waals surface area (Å²) >= 11 is 1.88. The largest absolute Gasteiger partial charge is 0.310 e. The highest BCUT2D eigenvalue weighted by Crippen LogP contribution is 2.48. The molecule has 0 aliphatic rings. The summed E-state index contributed by atoms with van der Waals surface area (Å²) in [6.07, 6.45) is 0. The van der Waals surface area contributed by atoms with Gasteiger partial charge in [-0.1, -0.05) is 188 Å². The van der Waals surface area contributed by atoms with Crippen molar-refractivity contribution < 1.29 is 0 Å². The summed E-state index contributed by atoms with van der Waals surface area (Å²) in [5.41, 5.74) is 15.6. The molecular formula is C54H37NS. The van der Waals surface area contributed by atoms with Crippen molar-refractivity contribution in [1.29, 1.82) is 0 Å². The Labute approximate surface area is 332 Å². The monoisotopic (exact) mass is 731 g/mol. The molecule has 0 amide bonds. The maximum absolute atomic E-state index is 2.43. The third kappa shape index (κ3) is 6.17. The minimum absolute atomic E-state index is 1.11. The topological polar surface area (TPSA) is 3.24 Å². The molecule has 9 aromatic carbocycles. The van der Waals surface area contributed by atoms with Crippen LogP contribution in [0, 0.1) is 0 Å². The standard InChI is InChI=1S/C54H37NS/c1-4-16-38(17-5-1)45-22-10-12-24-47(45)41-30-34-43(35-31-41)55(44-36-32-42(33-37-44)48-25-13-11-23-46(48)39-18-6-2-7-19-39)51-28-15-29-52-53(51)50-27-14-26-49(54(50)56-52)40-20-8-3-9-21-40/h1-37H. The average Bonchev–Trinajstić information content (AvgIpc) is 3.68. The summed E-state index contributed by atoms with van der Waals surface area (Å²) < 4.78 is 2.58. The molecule has 0 saturated carbocycles. The van der Waals surface area contributed by atoms with Gasteiger partial charge in [0, 0.05) is 31.5 Å². The molecule has 1 aromatic heterocycles. The molecule has 1 nitrogen and oxygen atoms in total. The minimum Gasteiger partial charge on any atom is -0.310 e. The zero-order valence-corrected chi connectivity index (χ0v) is 31.5. The maximum atomic E-state index is 2.43. The van der Waals surface area contributed by atoms with Gasteiger partial charge in [0.05, 0.1) is 5.69 Å². The van der Waals surface area contributed by atoms with E-state index in [0.29, 0.717) is 0 Å². The molecule has 0 spiro atoms. The summed E-state index contributed by atoms with van der Waals surface area (Å²) in [5.74, 6) is 0. The van der Waals surface area contributed by atoms with Crippen molar-refractivity contribution in [2.24, 2.45) is 0 Å². The van der Waals surface area contributed by atoms with Crippen LogP contribution in [0.1, 0.15) is 0 Å². The van der Waals surface area contributed by atoms with E-state index in [1.807, 2.05) is 11.3 Å². The van der Waals surface area contributed by atoms with Crippen LogP contribution in [0.25, 0.3) is 75.8 Å². The van der Waals surface area contributed by atoms with Crippen molar-refractivity contribution in [1.82, 2.24) is 0 Å². The molecule has 0 atom stereocenters. The fourth-order valence-corrected chi connectivity index (χ4v) is 9.34. The van der Waals surface area contributed by atoms with Gasteiger partial charge >= 0.3 is 0 Å². The van der Waals surface area contributed by atoms with E-state index in [0.717, 1.165) is 17.1 Å². The zero-order chi connectivity index (χ0) is 37.3. The van der Waals surface area contributed by atoms with E-state index in [-0.39, 0.29) is 0 Å². The first-order chi connectivity index (χ1) is 27.8. The number of nitrogens with zero attached hydrogens (tertiary/aromatic N) is 1. The summed E-state index contributed by atoms with van der Waals surface area (Å²) in [5, 5.41) is 2.54. The van der Waals surface area contributed by atoms with E-state index in [4.69, 9.17) is 0 Å². The van der Waals surface area contributed by atoms with E-state index in [9.17, 15) is 0 Å². The molecule has 0 N–H and O–H groups in total. The lowest BCUT2D eigenvalue weighted by atomic mass is 9.94. The number of benzene rings is 9. The molecule has 0 radical (unpaired) electrons. The highest BCUT2D eigenvalue weighted by Gasteiger charge is 2.20. The zero-order valence-electron chi connectivity index (χ0n) is 30.7. The van der Waals surface area contributed by atoms with Gasteiger partial charge in [0.15, 0.2) is 0 Å². The van der Waals surface area contributed by atoms with Crippen LogP contribution in [-0.2, 0) is 0 Å². The SMILES string of the molecule is c1ccc(-c2ccccc2-c2ccc(N(c3ccc(-c4ccccc4-c4ccccc4)cc3)c3cccc4sc5c(-c6ccccc6)cccc5c34)cc2)cc1. The number of thiophene rings is 1. The molecule has 0 aliphatic heterocycles. The van der Waals surface area contributed by atoms with Crippen LogP contribution < -0.4 is 4.90 Å². The molecule has 10 aromatic rings. The Morgan fingerprint density at radius 1 is 0.286 bits per heavy atom. The van der Waals surface area contributed by atoms with Crippen molar-refractivity contribution in [2.75, 3.05) is 4.90 Å². The second kappa shape index (κ2) is 14.7. The lowest BCUT2D eigenvalue weighted by molar-refractivity contribution is 1.30. The fourth-order valence-electron chi connectivity index (χ4n) is 8.08. The molecule has 0 unspecified atom stereocenters. The van der Waals surface area contributed by atoms with Crippen molar-refractivity contribution in [2.45, 2.75) is 0 Å². The first-order valence-electron chi connectivity index (χ1n) is 19.1. The van der Waals surface area contributed by atoms with Crippen LogP contribution in [0.2, 0.25) is 0 Å². The number of hydrogen-bond donors (Lipinski definition) is 0. The number of hydrogen-bond acceptors (Lipinski definition) is 2. The van der Waals surface area contributed by atoms with Crippen molar-refractivity contribution in [3.05, 3.63) is 224 Å². The minimum atomic E-state index is 1.11. The van der Waals surface area contributed by atoms with E-state index in [1.54, 1.807) is 0 Å². The second-order valence-electron chi connectivity index (χ2n) is 14.1. The predicted octanol–water partition coefficient (Wildman–Crippen LogP) is 15.9. The number of anilines is 3. The third-order valence-corrected chi connectivity index (χ3v) is 11.9. The van der Waals surface area contributed by atoms with Gasteiger partial charge in [-0.15, -0.1) is 11.3 Å². The Morgan fingerprint density at radius 3 is 1.12 bits per heavy atom. The van der Waals surface area contributed by atoms with Crippen molar-refractivity contribution in [3.8, 4) is 55.6 Å². The molecule has 0 bridgehead atoms. The molecule has 264 valence electrons. The quantitative estimate of drug-likeness (QED) is 0.150. The molecule has 0 aliphatic carbocycles. The van der Waals surface area contributed by atoms with Gasteiger partial charge < -0.3 is 4.90 Å². The average molecular weight is 732 g/mol. The van der Waals surface area contributed by atoms with Crippen LogP contribution in [-0.4, -0.2) is 0 Å². The van der Waals surface area contributed by atoms with Gasteiger partial charge in [-0.2, -0.15) is 0 Å². The highest BCUT2D eigenvalue weighted by atomic mass is 32.1. The lowest BCUT2D eigenvalue weighted by Crippen LogP contribution is -2.10. The fraction of sp³-hybridized carbons (Fsp3) is 0. The summed E-state index contributed by atoms with van der Waals surface area (Å²) in [6.45, 7) is 0. The van der Waals surface area contributed by atoms with Crippen molar-refractivity contribution in [3.63, 3.8) is 0 Å². The smallest absolute Gasteiger partial charge is 0.0554 e. The first-order valence-corrected chi connectivity index (χ1v) is 19.9. The molecule has 0 fully saturated rings. The Hall–Kier alpha value is -7.00. The first kappa shape index (κ1) is 33.6. The van der Waals surface area contributed by atoms with Gasteiger partial charge in [-0.25, -0.2) is 0 Å². The Morgan fingerprint density at radius 2 is 0.661 bits per heavy atom. The molecule has 56 heavy (non-hydrogen) atoms.